The molecule has 1 aromatic heterocycles. The summed E-state index contributed by atoms with van der Waals surface area (Å²) in [4.78, 5) is 0.688. The molecule has 0 fully saturated rings. The van der Waals surface area contributed by atoms with Crippen LogP contribution in [0.25, 0.3) is 0 Å². The molecule has 108 valence electrons. The Hall–Kier alpha value is -1.51. The van der Waals surface area contributed by atoms with Crippen molar-refractivity contribution in [2.24, 2.45) is 0 Å². The number of thiophene rings is 1. The summed E-state index contributed by atoms with van der Waals surface area (Å²) in [5.41, 5.74) is -0.442. The number of halogens is 2. The first kappa shape index (κ1) is 14.9. The molecule has 1 aromatic carbocycles. The number of hydrogen-bond donors (Lipinski definition) is 2. The first-order valence-electron chi connectivity index (χ1n) is 5.60. The fraction of sp³-hybridized carbons (Fsp3) is 0.167. The van der Waals surface area contributed by atoms with Crippen LogP contribution in [0.5, 0.6) is 0 Å². The van der Waals surface area contributed by atoms with Gasteiger partial charge in [0.2, 0.25) is 0 Å². The molecule has 0 aliphatic carbocycles. The van der Waals surface area contributed by atoms with Gasteiger partial charge in [0.15, 0.2) is 0 Å². The van der Waals surface area contributed by atoms with E-state index in [1.807, 2.05) is 4.72 Å². The van der Waals surface area contributed by atoms with Gasteiger partial charge in [0.05, 0.1) is 5.69 Å². The summed E-state index contributed by atoms with van der Waals surface area (Å²) in [7, 11) is -3.97. The molecule has 0 bridgehead atoms. The molecular formula is C12H11F2NO3S2. The summed E-state index contributed by atoms with van der Waals surface area (Å²) in [5.74, 6) is -1.60. The van der Waals surface area contributed by atoms with E-state index in [0.717, 1.165) is 29.5 Å². The lowest BCUT2D eigenvalue weighted by Gasteiger charge is -2.07. The van der Waals surface area contributed by atoms with Crippen molar-refractivity contribution in [3.05, 3.63) is 46.8 Å². The van der Waals surface area contributed by atoms with Gasteiger partial charge in [-0.2, -0.15) is 0 Å². The molecule has 0 radical (unpaired) electrons. The number of anilines is 1. The summed E-state index contributed by atoms with van der Waals surface area (Å²) in [6.07, 6.45) is 0.342. The van der Waals surface area contributed by atoms with E-state index in [2.05, 4.69) is 0 Å². The second kappa shape index (κ2) is 5.86. The van der Waals surface area contributed by atoms with Gasteiger partial charge in [-0.25, -0.2) is 17.2 Å². The summed E-state index contributed by atoms with van der Waals surface area (Å²) < 4.78 is 52.5. The Labute approximate surface area is 118 Å². The molecule has 4 nitrogen and oxygen atoms in total. The molecule has 2 rings (SSSR count). The minimum absolute atomic E-state index is 0.0235. The Morgan fingerprint density at radius 2 is 1.95 bits per heavy atom. The number of sulfonamides is 1. The fourth-order valence-corrected chi connectivity index (χ4v) is 3.92. The zero-order valence-electron chi connectivity index (χ0n) is 10.1. The van der Waals surface area contributed by atoms with Crippen molar-refractivity contribution < 1.29 is 22.3 Å². The lowest BCUT2D eigenvalue weighted by atomic mass is 10.3. The fourth-order valence-electron chi connectivity index (χ4n) is 1.52. The van der Waals surface area contributed by atoms with E-state index < -0.39 is 27.3 Å². The SMILES string of the molecule is O=S(=O)(Nc1cc(F)ccc1F)c1ccc(CCO)s1. The number of aliphatic hydroxyl groups is 1. The first-order valence-corrected chi connectivity index (χ1v) is 7.90. The van der Waals surface area contributed by atoms with Gasteiger partial charge in [-0.3, -0.25) is 4.72 Å². The maximum absolute atomic E-state index is 13.4. The van der Waals surface area contributed by atoms with E-state index in [-0.39, 0.29) is 10.8 Å². The van der Waals surface area contributed by atoms with Gasteiger partial charge in [-0.15, -0.1) is 11.3 Å². The summed E-state index contributed by atoms with van der Waals surface area (Å²) in [6, 6.07) is 5.44. The molecule has 0 saturated heterocycles. The lowest BCUT2D eigenvalue weighted by Crippen LogP contribution is -2.12. The second-order valence-electron chi connectivity index (χ2n) is 3.92. The molecule has 2 N–H and O–H groups in total. The topological polar surface area (TPSA) is 66.4 Å². The van der Waals surface area contributed by atoms with Crippen LogP contribution in [0.1, 0.15) is 4.88 Å². The van der Waals surface area contributed by atoms with E-state index >= 15 is 0 Å². The van der Waals surface area contributed by atoms with Gasteiger partial charge in [0.1, 0.15) is 15.8 Å². The van der Waals surface area contributed by atoms with Crippen LogP contribution in [-0.2, 0) is 16.4 Å². The highest BCUT2D eigenvalue weighted by Gasteiger charge is 2.19. The predicted molar refractivity (Wildman–Crippen MR) is 72.3 cm³/mol. The maximum Gasteiger partial charge on any atom is 0.271 e. The highest BCUT2D eigenvalue weighted by atomic mass is 32.2. The van der Waals surface area contributed by atoms with Gasteiger partial charge in [-0.05, 0) is 24.3 Å². The molecule has 0 spiro atoms. The smallest absolute Gasteiger partial charge is 0.271 e. The van der Waals surface area contributed by atoms with Gasteiger partial charge >= 0.3 is 0 Å². The largest absolute Gasteiger partial charge is 0.396 e. The molecule has 0 aliphatic rings. The number of aliphatic hydroxyl groups excluding tert-OH is 1. The summed E-state index contributed by atoms with van der Waals surface area (Å²) >= 11 is 0.967. The van der Waals surface area contributed by atoms with Gasteiger partial charge < -0.3 is 5.11 Å². The normalized spacial score (nSPS) is 11.6. The average molecular weight is 319 g/mol. The number of nitrogens with one attached hydrogen (secondary N) is 1. The molecule has 8 heteroatoms. The molecule has 0 aliphatic heterocycles. The van der Waals surface area contributed by atoms with Crippen molar-refractivity contribution in [3.63, 3.8) is 0 Å². The Balaban J connectivity index is 2.28. The zero-order valence-corrected chi connectivity index (χ0v) is 11.8. The molecule has 2 aromatic rings. The van der Waals surface area contributed by atoms with Crippen molar-refractivity contribution in [2.75, 3.05) is 11.3 Å². The standard InChI is InChI=1S/C12H11F2NO3S2/c13-8-1-3-10(14)11(7-8)15-20(17,18)12-4-2-9(19-12)5-6-16/h1-4,7,15-16H,5-6H2. The minimum Gasteiger partial charge on any atom is -0.396 e. The summed E-state index contributed by atoms with van der Waals surface area (Å²) in [5, 5.41) is 8.78. The maximum atomic E-state index is 13.4. The second-order valence-corrected chi connectivity index (χ2v) is 7.00. The van der Waals surface area contributed by atoms with Gasteiger partial charge in [0.25, 0.3) is 10.0 Å². The van der Waals surface area contributed by atoms with Crippen molar-refractivity contribution in [2.45, 2.75) is 10.6 Å². The van der Waals surface area contributed by atoms with Crippen LogP contribution in [0.3, 0.4) is 0 Å². The van der Waals surface area contributed by atoms with Crippen molar-refractivity contribution in [1.82, 2.24) is 0 Å². The summed E-state index contributed by atoms with van der Waals surface area (Å²) in [6.45, 7) is -0.0913. The van der Waals surface area contributed by atoms with Crippen LogP contribution in [0.2, 0.25) is 0 Å². The third-order valence-corrected chi connectivity index (χ3v) is 5.44. The van der Waals surface area contributed by atoms with E-state index in [1.165, 1.54) is 6.07 Å². The Morgan fingerprint density at radius 3 is 2.65 bits per heavy atom. The zero-order chi connectivity index (χ0) is 14.8. The van der Waals surface area contributed by atoms with Crippen molar-refractivity contribution in [3.8, 4) is 0 Å². The van der Waals surface area contributed by atoms with Crippen molar-refractivity contribution >= 4 is 27.0 Å². The molecule has 0 unspecified atom stereocenters. The Kier molecular flexibility index (Phi) is 4.36. The Morgan fingerprint density at radius 1 is 1.20 bits per heavy atom. The molecule has 0 atom stereocenters. The number of hydrogen-bond acceptors (Lipinski definition) is 4. The predicted octanol–water partition coefficient (Wildman–Crippen LogP) is 2.36. The first-order chi connectivity index (χ1) is 9.42. The highest BCUT2D eigenvalue weighted by molar-refractivity contribution is 7.94. The molecule has 0 saturated carbocycles. The lowest BCUT2D eigenvalue weighted by molar-refractivity contribution is 0.300. The monoisotopic (exact) mass is 319 g/mol. The van der Waals surface area contributed by atoms with E-state index in [4.69, 9.17) is 5.11 Å². The van der Waals surface area contributed by atoms with Gasteiger partial charge in [0, 0.05) is 24.0 Å². The number of rotatable bonds is 5. The van der Waals surface area contributed by atoms with Crippen LogP contribution >= 0.6 is 11.3 Å². The van der Waals surface area contributed by atoms with E-state index in [0.29, 0.717) is 11.3 Å². The average Bonchev–Trinajstić information content (AvgIpc) is 2.83. The highest BCUT2D eigenvalue weighted by Crippen LogP contribution is 2.25. The third-order valence-electron chi connectivity index (χ3n) is 2.43. The Bertz CT molecular complexity index is 713. The quantitative estimate of drug-likeness (QED) is 0.889. The van der Waals surface area contributed by atoms with E-state index in [1.54, 1.807) is 6.07 Å². The minimum atomic E-state index is -3.97. The number of benzene rings is 1. The van der Waals surface area contributed by atoms with Crippen LogP contribution in [0.15, 0.2) is 34.5 Å². The van der Waals surface area contributed by atoms with E-state index in [9.17, 15) is 17.2 Å². The van der Waals surface area contributed by atoms with Crippen LogP contribution in [0, 0.1) is 11.6 Å². The third kappa shape index (κ3) is 3.33. The molecule has 1 heterocycles. The van der Waals surface area contributed by atoms with Crippen LogP contribution in [-0.4, -0.2) is 20.1 Å². The van der Waals surface area contributed by atoms with Gasteiger partial charge in [-0.1, -0.05) is 0 Å². The molecule has 0 amide bonds. The molecule has 20 heavy (non-hydrogen) atoms. The van der Waals surface area contributed by atoms with Crippen LogP contribution in [0.4, 0.5) is 14.5 Å². The van der Waals surface area contributed by atoms with Crippen LogP contribution < -0.4 is 4.72 Å². The van der Waals surface area contributed by atoms with Crippen molar-refractivity contribution in [1.29, 1.82) is 0 Å². The molecular weight excluding hydrogens is 308 g/mol.